The lowest BCUT2D eigenvalue weighted by Gasteiger charge is -2.20. The van der Waals surface area contributed by atoms with Gasteiger partial charge in [-0.25, -0.2) is 0 Å². The molecule has 0 spiro atoms. The molecular weight excluding hydrogens is 448 g/mol. The van der Waals surface area contributed by atoms with Crippen molar-refractivity contribution in [3.63, 3.8) is 0 Å². The largest absolute Gasteiger partial charge is 0.465 e. The summed E-state index contributed by atoms with van der Waals surface area (Å²) in [4.78, 5) is 0. The van der Waals surface area contributed by atoms with Crippen molar-refractivity contribution in [3.8, 4) is 17.2 Å². The quantitative estimate of drug-likeness (QED) is 0.225. The van der Waals surface area contributed by atoms with Gasteiger partial charge in [0, 0.05) is 21.3 Å². The van der Waals surface area contributed by atoms with Crippen LogP contribution in [0.3, 0.4) is 0 Å². The summed E-state index contributed by atoms with van der Waals surface area (Å²) in [5, 5.41) is 3.82. The van der Waals surface area contributed by atoms with Gasteiger partial charge >= 0.3 is 0 Å². The van der Waals surface area contributed by atoms with Crippen LogP contribution in [0.2, 0.25) is 0 Å². The molecule has 6 nitrogen and oxygen atoms in total. The highest BCUT2D eigenvalue weighted by atomic mass is 28.3. The van der Waals surface area contributed by atoms with E-state index in [0.29, 0.717) is 0 Å². The number of rotatable bonds is 12. The van der Waals surface area contributed by atoms with E-state index in [0.717, 1.165) is 17.2 Å². The Morgan fingerprint density at radius 3 is 0.882 bits per heavy atom. The molecule has 0 saturated heterocycles. The Morgan fingerprint density at radius 2 is 0.676 bits per heavy atom. The van der Waals surface area contributed by atoms with E-state index < -0.39 is 8.80 Å². The molecule has 0 saturated carbocycles. The smallest absolute Gasteiger partial charge is 0.196 e. The lowest BCUT2D eigenvalue weighted by molar-refractivity contribution is -0.0385. The summed E-state index contributed by atoms with van der Waals surface area (Å²) < 4.78 is 32.9. The molecule has 0 N–H and O–H groups in total. The van der Waals surface area contributed by atoms with E-state index in [1.807, 2.05) is 57.2 Å². The Bertz CT molecular complexity index is 859. The molecule has 3 rings (SSSR count). The molecule has 3 aromatic carbocycles. The van der Waals surface area contributed by atoms with Crippen LogP contribution >= 0.6 is 0 Å². The molecular formula is C27H34O6Si. The fraction of sp³-hybridized carbons (Fsp3) is 0.333. The Hall–Kier alpha value is -2.84. The topological polar surface area (TPSA) is 55.4 Å². The maximum Gasteiger partial charge on any atom is 0.196 e. The van der Waals surface area contributed by atoms with Gasteiger partial charge in [-0.1, -0.05) is 52.0 Å². The third-order valence-corrected chi connectivity index (χ3v) is 8.70. The zero-order chi connectivity index (χ0) is 24.5. The standard InChI is InChI=1S/C27H34O6Si/c1-19(28-4)31-22-7-13-25(14-8-22)34(26-15-9-23(10-16-26)32-20(2)29-5)27-17-11-24(12-18-27)33-21(3)30-6/h7-21,34H,1-6H3. The van der Waals surface area contributed by atoms with Gasteiger partial charge in [0.2, 0.25) is 0 Å². The molecule has 3 unspecified atom stereocenters. The molecule has 0 amide bonds. The number of benzene rings is 3. The van der Waals surface area contributed by atoms with Crippen molar-refractivity contribution in [1.29, 1.82) is 0 Å². The minimum atomic E-state index is -1.76. The van der Waals surface area contributed by atoms with Crippen molar-refractivity contribution < 1.29 is 28.4 Å². The van der Waals surface area contributed by atoms with Crippen LogP contribution in [0.25, 0.3) is 0 Å². The Balaban J connectivity index is 1.92. The Labute approximate surface area is 203 Å². The van der Waals surface area contributed by atoms with Crippen molar-refractivity contribution in [2.24, 2.45) is 0 Å². The number of hydrogen-bond donors (Lipinski definition) is 0. The molecule has 0 heterocycles. The zero-order valence-electron chi connectivity index (χ0n) is 20.7. The lowest BCUT2D eigenvalue weighted by atomic mass is 10.3. The summed E-state index contributed by atoms with van der Waals surface area (Å²) in [6.45, 7) is 5.61. The fourth-order valence-corrected chi connectivity index (χ4v) is 6.40. The van der Waals surface area contributed by atoms with Crippen LogP contribution in [0.1, 0.15) is 20.8 Å². The zero-order valence-corrected chi connectivity index (χ0v) is 21.8. The van der Waals surface area contributed by atoms with Gasteiger partial charge in [-0.3, -0.25) is 0 Å². The molecule has 0 aliphatic rings. The van der Waals surface area contributed by atoms with Gasteiger partial charge < -0.3 is 28.4 Å². The third kappa shape index (κ3) is 7.08. The molecule has 3 aromatic rings. The minimum Gasteiger partial charge on any atom is -0.465 e. The highest BCUT2D eigenvalue weighted by molar-refractivity contribution is 6.95. The van der Waals surface area contributed by atoms with E-state index in [1.165, 1.54) is 15.6 Å². The lowest BCUT2D eigenvalue weighted by Crippen LogP contribution is -2.51. The van der Waals surface area contributed by atoms with Crippen LogP contribution in [-0.4, -0.2) is 49.0 Å². The van der Waals surface area contributed by atoms with E-state index in [-0.39, 0.29) is 18.9 Å². The van der Waals surface area contributed by atoms with Crippen LogP contribution in [0.5, 0.6) is 17.2 Å². The van der Waals surface area contributed by atoms with E-state index in [2.05, 4.69) is 36.4 Å². The van der Waals surface area contributed by atoms with Gasteiger partial charge in [-0.2, -0.15) is 0 Å². The number of ether oxygens (including phenoxy) is 6. The van der Waals surface area contributed by atoms with Crippen LogP contribution < -0.4 is 29.8 Å². The maximum atomic E-state index is 5.77. The van der Waals surface area contributed by atoms with E-state index >= 15 is 0 Å². The third-order valence-electron chi connectivity index (χ3n) is 5.54. The first-order valence-corrected chi connectivity index (χ1v) is 13.0. The van der Waals surface area contributed by atoms with Gasteiger partial charge in [-0.05, 0) is 57.2 Å². The second-order valence-corrected chi connectivity index (χ2v) is 10.8. The summed E-state index contributed by atoms with van der Waals surface area (Å²) in [6.07, 6.45) is -0.908. The number of methoxy groups -OCH3 is 3. The van der Waals surface area contributed by atoms with Crippen molar-refractivity contribution in [1.82, 2.24) is 0 Å². The number of hydrogen-bond acceptors (Lipinski definition) is 6. The Morgan fingerprint density at radius 1 is 0.441 bits per heavy atom. The van der Waals surface area contributed by atoms with Gasteiger partial charge in [0.15, 0.2) is 18.9 Å². The summed E-state index contributed by atoms with van der Waals surface area (Å²) in [5.74, 6) is 2.33. The molecule has 182 valence electrons. The SMILES string of the molecule is COC(C)Oc1ccc([SiH](c2ccc(OC(C)OC)cc2)c2ccc(OC(C)OC)cc2)cc1. The van der Waals surface area contributed by atoms with Crippen molar-refractivity contribution in [2.45, 2.75) is 39.6 Å². The predicted molar refractivity (Wildman–Crippen MR) is 137 cm³/mol. The molecule has 0 aliphatic heterocycles. The highest BCUT2D eigenvalue weighted by Gasteiger charge is 2.20. The summed E-state index contributed by atoms with van der Waals surface area (Å²) >= 11 is 0. The van der Waals surface area contributed by atoms with Crippen molar-refractivity contribution in [2.75, 3.05) is 21.3 Å². The average Bonchev–Trinajstić information content (AvgIpc) is 2.87. The molecule has 0 fully saturated rings. The van der Waals surface area contributed by atoms with E-state index in [9.17, 15) is 0 Å². The summed E-state index contributed by atoms with van der Waals surface area (Å²) in [6, 6.07) is 24.9. The van der Waals surface area contributed by atoms with Crippen LogP contribution in [0.4, 0.5) is 0 Å². The Kier molecular flexibility index (Phi) is 9.53. The van der Waals surface area contributed by atoms with Gasteiger partial charge in [0.25, 0.3) is 0 Å². The molecule has 0 radical (unpaired) electrons. The van der Waals surface area contributed by atoms with Crippen LogP contribution in [0.15, 0.2) is 72.8 Å². The summed E-state index contributed by atoms with van der Waals surface area (Å²) in [7, 11) is 3.13. The normalized spacial score (nSPS) is 14.6. The highest BCUT2D eigenvalue weighted by Crippen LogP contribution is 2.15. The van der Waals surface area contributed by atoms with Gasteiger partial charge in [0.05, 0.1) is 0 Å². The maximum absolute atomic E-state index is 5.77. The molecule has 0 aromatic heterocycles. The van der Waals surface area contributed by atoms with E-state index in [4.69, 9.17) is 28.4 Å². The average molecular weight is 483 g/mol. The van der Waals surface area contributed by atoms with E-state index in [1.54, 1.807) is 21.3 Å². The molecule has 7 heteroatoms. The monoisotopic (exact) mass is 482 g/mol. The van der Waals surface area contributed by atoms with Gasteiger partial charge in [-0.15, -0.1) is 0 Å². The fourth-order valence-electron chi connectivity index (χ4n) is 3.51. The second-order valence-electron chi connectivity index (χ2n) is 7.90. The van der Waals surface area contributed by atoms with Crippen LogP contribution in [-0.2, 0) is 14.2 Å². The minimum absolute atomic E-state index is 0.303. The first-order chi connectivity index (χ1) is 16.4. The molecule has 0 bridgehead atoms. The summed E-state index contributed by atoms with van der Waals surface area (Å²) in [5.41, 5.74) is 0. The van der Waals surface area contributed by atoms with Crippen molar-refractivity contribution in [3.05, 3.63) is 72.8 Å². The first-order valence-electron chi connectivity index (χ1n) is 11.3. The molecule has 34 heavy (non-hydrogen) atoms. The van der Waals surface area contributed by atoms with Crippen molar-refractivity contribution >= 4 is 24.4 Å². The predicted octanol–water partition coefficient (Wildman–Crippen LogP) is 3.05. The van der Waals surface area contributed by atoms with Gasteiger partial charge in [0.1, 0.15) is 26.0 Å². The molecule has 3 atom stereocenters. The molecule has 0 aliphatic carbocycles. The first kappa shape index (κ1) is 25.8. The van der Waals surface area contributed by atoms with Crippen LogP contribution in [0, 0.1) is 0 Å². The second kappa shape index (κ2) is 12.6.